The molecule has 0 unspecified atom stereocenters. The van der Waals surface area contributed by atoms with Crippen molar-refractivity contribution in [2.75, 3.05) is 39.4 Å². The molecule has 2 fully saturated rings. The lowest BCUT2D eigenvalue weighted by atomic mass is 9.94. The van der Waals surface area contributed by atoms with Crippen LogP contribution in [0.15, 0.2) is 54.6 Å². The van der Waals surface area contributed by atoms with Gasteiger partial charge >= 0.3 is 0 Å². The van der Waals surface area contributed by atoms with Gasteiger partial charge in [0.15, 0.2) is 0 Å². The van der Waals surface area contributed by atoms with Gasteiger partial charge in [0.2, 0.25) is 11.8 Å². The zero-order chi connectivity index (χ0) is 20.1. The number of carbonyl (C=O) groups is 2. The number of hydrogen-bond donors (Lipinski definition) is 0. The van der Waals surface area contributed by atoms with Crippen LogP contribution in [0.3, 0.4) is 0 Å². The van der Waals surface area contributed by atoms with Gasteiger partial charge in [-0.15, -0.1) is 0 Å². The normalized spacial score (nSPS) is 17.9. The number of benzene rings is 2. The molecule has 2 amide bonds. The zero-order valence-corrected chi connectivity index (χ0v) is 16.8. The fourth-order valence-electron chi connectivity index (χ4n) is 4.15. The number of rotatable bonds is 4. The third kappa shape index (κ3) is 4.85. The fraction of sp³-hybridized carbons (Fsp3) is 0.417. The highest BCUT2D eigenvalue weighted by molar-refractivity contribution is 5.81. The van der Waals surface area contributed by atoms with E-state index in [4.69, 9.17) is 4.74 Å². The van der Waals surface area contributed by atoms with Gasteiger partial charge in [-0.05, 0) is 29.5 Å². The van der Waals surface area contributed by atoms with E-state index < -0.39 is 0 Å². The third-order valence-corrected chi connectivity index (χ3v) is 5.94. The number of likely N-dealkylation sites (tertiary alicyclic amines) is 1. The Morgan fingerprint density at radius 2 is 1.41 bits per heavy atom. The summed E-state index contributed by atoms with van der Waals surface area (Å²) >= 11 is 0. The van der Waals surface area contributed by atoms with E-state index >= 15 is 0 Å². The minimum absolute atomic E-state index is 0.0438. The van der Waals surface area contributed by atoms with Gasteiger partial charge < -0.3 is 14.5 Å². The molecule has 0 radical (unpaired) electrons. The van der Waals surface area contributed by atoms with E-state index in [1.54, 1.807) is 0 Å². The average Bonchev–Trinajstić information content (AvgIpc) is 2.80. The predicted molar refractivity (Wildman–Crippen MR) is 112 cm³/mol. The minimum atomic E-state index is 0.0438. The van der Waals surface area contributed by atoms with Crippen molar-refractivity contribution >= 4 is 11.8 Å². The van der Waals surface area contributed by atoms with Crippen molar-refractivity contribution in [2.24, 2.45) is 5.92 Å². The van der Waals surface area contributed by atoms with Crippen LogP contribution in [0.2, 0.25) is 0 Å². The van der Waals surface area contributed by atoms with Crippen LogP contribution in [0.4, 0.5) is 0 Å². The highest BCUT2D eigenvalue weighted by Gasteiger charge is 2.30. The number of nitrogens with zero attached hydrogens (tertiary/aromatic N) is 2. The SMILES string of the molecule is O=C(Cc1ccc(-c2ccccc2)cc1)N1CCC(C(=O)N2CCOCC2)CC1. The van der Waals surface area contributed by atoms with Gasteiger partial charge in [0.25, 0.3) is 0 Å². The Morgan fingerprint density at radius 3 is 2.07 bits per heavy atom. The van der Waals surface area contributed by atoms with Crippen LogP contribution in [0.1, 0.15) is 18.4 Å². The van der Waals surface area contributed by atoms with Crippen molar-refractivity contribution < 1.29 is 14.3 Å². The molecule has 5 nitrogen and oxygen atoms in total. The van der Waals surface area contributed by atoms with Gasteiger partial charge in [0.1, 0.15) is 0 Å². The van der Waals surface area contributed by atoms with E-state index in [0.29, 0.717) is 45.8 Å². The summed E-state index contributed by atoms with van der Waals surface area (Å²) in [6, 6.07) is 18.5. The molecule has 0 spiro atoms. The molecule has 0 atom stereocenters. The summed E-state index contributed by atoms with van der Waals surface area (Å²) < 4.78 is 5.33. The molecule has 2 aliphatic rings. The minimum Gasteiger partial charge on any atom is -0.378 e. The monoisotopic (exact) mass is 392 g/mol. The standard InChI is InChI=1S/C24H28N2O3/c27-23(18-19-6-8-21(9-7-19)20-4-2-1-3-5-20)25-12-10-22(11-13-25)24(28)26-14-16-29-17-15-26/h1-9,22H,10-18H2. The number of ether oxygens (including phenoxy) is 1. The van der Waals surface area contributed by atoms with E-state index in [1.165, 1.54) is 5.56 Å². The Balaban J connectivity index is 1.28. The van der Waals surface area contributed by atoms with Gasteiger partial charge in [-0.3, -0.25) is 9.59 Å². The van der Waals surface area contributed by atoms with Crippen LogP contribution in [-0.2, 0) is 20.7 Å². The maximum Gasteiger partial charge on any atom is 0.226 e. The first kappa shape index (κ1) is 19.6. The van der Waals surface area contributed by atoms with Crippen molar-refractivity contribution in [2.45, 2.75) is 19.3 Å². The van der Waals surface area contributed by atoms with Crippen molar-refractivity contribution in [1.29, 1.82) is 0 Å². The first-order chi connectivity index (χ1) is 14.2. The van der Waals surface area contributed by atoms with Crippen molar-refractivity contribution in [3.05, 3.63) is 60.2 Å². The molecule has 0 bridgehead atoms. The van der Waals surface area contributed by atoms with E-state index in [2.05, 4.69) is 24.3 Å². The molecule has 0 saturated carbocycles. The molecule has 2 aromatic rings. The van der Waals surface area contributed by atoms with Crippen LogP contribution < -0.4 is 0 Å². The van der Waals surface area contributed by atoms with E-state index in [9.17, 15) is 9.59 Å². The molecule has 29 heavy (non-hydrogen) atoms. The second-order valence-electron chi connectivity index (χ2n) is 7.83. The van der Waals surface area contributed by atoms with Crippen molar-refractivity contribution in [3.63, 3.8) is 0 Å². The second kappa shape index (κ2) is 9.23. The molecule has 2 heterocycles. The van der Waals surface area contributed by atoms with Gasteiger partial charge in [-0.1, -0.05) is 54.6 Å². The summed E-state index contributed by atoms with van der Waals surface area (Å²) in [5.74, 6) is 0.425. The number of morpholine rings is 1. The van der Waals surface area contributed by atoms with Crippen LogP contribution in [0.25, 0.3) is 11.1 Å². The molecule has 4 rings (SSSR count). The molecule has 5 heteroatoms. The third-order valence-electron chi connectivity index (χ3n) is 5.94. The maximum absolute atomic E-state index is 12.7. The Labute approximate surface area is 172 Å². The molecule has 0 aliphatic carbocycles. The molecule has 152 valence electrons. The van der Waals surface area contributed by atoms with Gasteiger partial charge in [-0.2, -0.15) is 0 Å². The first-order valence-corrected chi connectivity index (χ1v) is 10.5. The predicted octanol–water partition coefficient (Wildman–Crippen LogP) is 2.99. The van der Waals surface area contributed by atoms with E-state index in [-0.39, 0.29) is 17.7 Å². The lowest BCUT2D eigenvalue weighted by Gasteiger charge is -2.35. The number of carbonyl (C=O) groups excluding carboxylic acids is 2. The van der Waals surface area contributed by atoms with Gasteiger partial charge in [0, 0.05) is 32.1 Å². The van der Waals surface area contributed by atoms with Crippen LogP contribution >= 0.6 is 0 Å². The maximum atomic E-state index is 12.7. The zero-order valence-electron chi connectivity index (χ0n) is 16.8. The summed E-state index contributed by atoms with van der Waals surface area (Å²) in [7, 11) is 0. The Kier molecular flexibility index (Phi) is 6.25. The largest absolute Gasteiger partial charge is 0.378 e. The van der Waals surface area contributed by atoms with Crippen molar-refractivity contribution in [1.82, 2.24) is 9.80 Å². The smallest absolute Gasteiger partial charge is 0.226 e. The summed E-state index contributed by atoms with van der Waals surface area (Å²) in [5.41, 5.74) is 3.36. The average molecular weight is 392 g/mol. The Hall–Kier alpha value is -2.66. The molecule has 0 N–H and O–H groups in total. The summed E-state index contributed by atoms with van der Waals surface area (Å²) in [6.45, 7) is 3.98. The summed E-state index contributed by atoms with van der Waals surface area (Å²) in [6.07, 6.45) is 1.93. The molecule has 0 aromatic heterocycles. The fourth-order valence-corrected chi connectivity index (χ4v) is 4.15. The Morgan fingerprint density at radius 1 is 0.793 bits per heavy atom. The first-order valence-electron chi connectivity index (χ1n) is 10.5. The number of hydrogen-bond acceptors (Lipinski definition) is 3. The second-order valence-corrected chi connectivity index (χ2v) is 7.83. The lowest BCUT2D eigenvalue weighted by Crippen LogP contribution is -2.47. The number of amides is 2. The summed E-state index contributed by atoms with van der Waals surface area (Å²) in [5, 5.41) is 0. The molecule has 2 aliphatic heterocycles. The van der Waals surface area contributed by atoms with Gasteiger partial charge in [0.05, 0.1) is 19.6 Å². The highest BCUT2D eigenvalue weighted by Crippen LogP contribution is 2.22. The van der Waals surface area contributed by atoms with Crippen LogP contribution in [0.5, 0.6) is 0 Å². The van der Waals surface area contributed by atoms with Gasteiger partial charge in [-0.25, -0.2) is 0 Å². The Bertz CT molecular complexity index is 821. The summed E-state index contributed by atoms with van der Waals surface area (Å²) in [4.78, 5) is 29.2. The molecular weight excluding hydrogens is 364 g/mol. The number of piperidine rings is 1. The quantitative estimate of drug-likeness (QED) is 0.804. The highest BCUT2D eigenvalue weighted by atomic mass is 16.5. The van der Waals surface area contributed by atoms with Crippen LogP contribution in [-0.4, -0.2) is 61.0 Å². The van der Waals surface area contributed by atoms with E-state index in [0.717, 1.165) is 24.0 Å². The van der Waals surface area contributed by atoms with Crippen molar-refractivity contribution in [3.8, 4) is 11.1 Å². The molecule has 2 saturated heterocycles. The molecular formula is C24H28N2O3. The lowest BCUT2D eigenvalue weighted by molar-refractivity contribution is -0.143. The topological polar surface area (TPSA) is 49.9 Å². The van der Waals surface area contributed by atoms with E-state index in [1.807, 2.05) is 40.1 Å². The molecule has 2 aromatic carbocycles. The van der Waals surface area contributed by atoms with Crippen LogP contribution in [0, 0.1) is 5.92 Å².